The van der Waals surface area contributed by atoms with Crippen LogP contribution in [0.2, 0.25) is 0 Å². The first-order valence-electron chi connectivity index (χ1n) is 6.74. The van der Waals surface area contributed by atoms with Crippen LogP contribution < -0.4 is 5.32 Å². The maximum Gasteiger partial charge on any atom is 0.224 e. The molecule has 100 valence electrons. The van der Waals surface area contributed by atoms with Crippen LogP contribution in [-0.4, -0.2) is 10.9 Å². The number of H-pyrrole nitrogens is 1. The van der Waals surface area contributed by atoms with Crippen molar-refractivity contribution in [2.45, 2.75) is 13.3 Å². The Labute approximate surface area is 117 Å². The van der Waals surface area contributed by atoms with Gasteiger partial charge in [-0.1, -0.05) is 37.3 Å². The Balaban J connectivity index is 1.97. The van der Waals surface area contributed by atoms with Crippen LogP contribution in [0.15, 0.2) is 54.6 Å². The van der Waals surface area contributed by atoms with E-state index in [0.717, 1.165) is 22.5 Å². The number of aromatic amines is 1. The maximum absolute atomic E-state index is 11.5. The van der Waals surface area contributed by atoms with E-state index in [9.17, 15) is 4.79 Å². The van der Waals surface area contributed by atoms with Crippen LogP contribution in [0, 0.1) is 0 Å². The molecule has 0 aliphatic carbocycles. The lowest BCUT2D eigenvalue weighted by Crippen LogP contribution is -2.09. The van der Waals surface area contributed by atoms with Crippen molar-refractivity contribution in [1.82, 2.24) is 4.98 Å². The molecule has 1 aromatic heterocycles. The Morgan fingerprint density at radius 3 is 2.75 bits per heavy atom. The summed E-state index contributed by atoms with van der Waals surface area (Å²) in [6, 6.07) is 18.2. The zero-order valence-corrected chi connectivity index (χ0v) is 11.3. The van der Waals surface area contributed by atoms with Gasteiger partial charge < -0.3 is 10.3 Å². The molecule has 0 radical (unpaired) electrons. The number of hydrogen-bond donors (Lipinski definition) is 2. The zero-order chi connectivity index (χ0) is 13.9. The summed E-state index contributed by atoms with van der Waals surface area (Å²) in [6.07, 6.45) is 0.483. The van der Waals surface area contributed by atoms with Crippen LogP contribution >= 0.6 is 0 Å². The van der Waals surface area contributed by atoms with Crippen molar-refractivity contribution < 1.29 is 4.79 Å². The topological polar surface area (TPSA) is 44.9 Å². The van der Waals surface area contributed by atoms with E-state index in [4.69, 9.17) is 0 Å². The molecule has 1 heterocycles. The molecular formula is C17H16N2O. The van der Waals surface area contributed by atoms with Gasteiger partial charge in [-0.15, -0.1) is 0 Å². The number of hydrogen-bond acceptors (Lipinski definition) is 1. The minimum Gasteiger partial charge on any atom is -0.355 e. The first kappa shape index (κ1) is 12.5. The second-order valence-electron chi connectivity index (χ2n) is 4.75. The molecule has 0 spiro atoms. The van der Waals surface area contributed by atoms with Crippen molar-refractivity contribution in [1.29, 1.82) is 0 Å². The second-order valence-corrected chi connectivity index (χ2v) is 4.75. The quantitative estimate of drug-likeness (QED) is 0.732. The Morgan fingerprint density at radius 2 is 1.95 bits per heavy atom. The summed E-state index contributed by atoms with van der Waals surface area (Å²) in [6.45, 7) is 1.84. The van der Waals surface area contributed by atoms with Crippen molar-refractivity contribution in [2.75, 3.05) is 5.32 Å². The molecule has 3 rings (SSSR count). The van der Waals surface area contributed by atoms with E-state index in [1.165, 1.54) is 5.39 Å². The third-order valence-corrected chi connectivity index (χ3v) is 3.31. The average molecular weight is 264 g/mol. The fourth-order valence-corrected chi connectivity index (χ4v) is 2.24. The predicted octanol–water partition coefficient (Wildman–Crippen LogP) is 4.18. The summed E-state index contributed by atoms with van der Waals surface area (Å²) in [5.74, 6) is 0.0267. The molecule has 0 atom stereocenters. The average Bonchev–Trinajstić information content (AvgIpc) is 2.91. The first-order valence-corrected chi connectivity index (χ1v) is 6.74. The lowest BCUT2D eigenvalue weighted by atomic mass is 10.1. The molecule has 0 aliphatic rings. The van der Waals surface area contributed by atoms with Crippen LogP contribution in [0.1, 0.15) is 13.3 Å². The monoisotopic (exact) mass is 264 g/mol. The van der Waals surface area contributed by atoms with E-state index < -0.39 is 0 Å². The number of benzene rings is 2. The van der Waals surface area contributed by atoms with Crippen LogP contribution in [-0.2, 0) is 4.79 Å². The van der Waals surface area contributed by atoms with Gasteiger partial charge in [0.15, 0.2) is 0 Å². The summed E-state index contributed by atoms with van der Waals surface area (Å²) in [5.41, 5.74) is 4.06. The highest BCUT2D eigenvalue weighted by molar-refractivity contribution is 5.92. The van der Waals surface area contributed by atoms with Gasteiger partial charge >= 0.3 is 0 Å². The number of carbonyl (C=O) groups is 1. The third kappa shape index (κ3) is 2.43. The van der Waals surface area contributed by atoms with Crippen LogP contribution in [0.25, 0.3) is 22.2 Å². The molecule has 2 N–H and O–H groups in total. The van der Waals surface area contributed by atoms with E-state index in [-0.39, 0.29) is 5.91 Å². The van der Waals surface area contributed by atoms with Gasteiger partial charge in [0.2, 0.25) is 5.91 Å². The standard InChI is InChI=1S/C17H16N2O/c1-2-17(20)18-14-8-5-7-12(10-14)16-11-13-6-3-4-9-15(13)19-16/h3-11,19H,2H2,1H3,(H,18,20). The van der Waals surface area contributed by atoms with Gasteiger partial charge in [0.1, 0.15) is 0 Å². The van der Waals surface area contributed by atoms with Gasteiger partial charge in [0, 0.05) is 34.3 Å². The van der Waals surface area contributed by atoms with Crippen molar-refractivity contribution >= 4 is 22.5 Å². The summed E-state index contributed by atoms with van der Waals surface area (Å²) >= 11 is 0. The second kappa shape index (κ2) is 5.21. The van der Waals surface area contributed by atoms with Crippen LogP contribution in [0.5, 0.6) is 0 Å². The van der Waals surface area contributed by atoms with E-state index in [1.807, 2.05) is 43.3 Å². The molecule has 3 nitrogen and oxygen atoms in total. The number of rotatable bonds is 3. The number of fused-ring (bicyclic) bond motifs is 1. The molecule has 0 unspecified atom stereocenters. The maximum atomic E-state index is 11.5. The van der Waals surface area contributed by atoms with Crippen LogP contribution in [0.3, 0.4) is 0 Å². The van der Waals surface area contributed by atoms with Crippen molar-refractivity contribution in [3.05, 3.63) is 54.6 Å². The summed E-state index contributed by atoms with van der Waals surface area (Å²) < 4.78 is 0. The molecule has 0 saturated heterocycles. The van der Waals surface area contributed by atoms with E-state index in [2.05, 4.69) is 28.5 Å². The molecule has 1 amide bonds. The van der Waals surface area contributed by atoms with E-state index in [0.29, 0.717) is 6.42 Å². The molecule has 2 aromatic carbocycles. The van der Waals surface area contributed by atoms with Gasteiger partial charge in [0.05, 0.1) is 0 Å². The number of aromatic nitrogens is 1. The fourth-order valence-electron chi connectivity index (χ4n) is 2.24. The molecule has 0 saturated carbocycles. The number of nitrogens with one attached hydrogen (secondary N) is 2. The first-order chi connectivity index (χ1) is 9.76. The van der Waals surface area contributed by atoms with Crippen molar-refractivity contribution in [3.8, 4) is 11.3 Å². The minimum absolute atomic E-state index is 0.0267. The highest BCUT2D eigenvalue weighted by Gasteiger charge is 2.05. The number of anilines is 1. The van der Waals surface area contributed by atoms with Crippen molar-refractivity contribution in [2.24, 2.45) is 0 Å². The highest BCUT2D eigenvalue weighted by atomic mass is 16.1. The fraction of sp³-hybridized carbons (Fsp3) is 0.118. The SMILES string of the molecule is CCC(=O)Nc1cccc(-c2cc3ccccc3[nH]2)c1. The van der Waals surface area contributed by atoms with Gasteiger partial charge in [-0.3, -0.25) is 4.79 Å². The lowest BCUT2D eigenvalue weighted by molar-refractivity contribution is -0.115. The number of amides is 1. The number of carbonyl (C=O) groups excluding carboxylic acids is 1. The molecule has 3 aromatic rings. The van der Waals surface area contributed by atoms with Crippen molar-refractivity contribution in [3.63, 3.8) is 0 Å². The molecule has 3 heteroatoms. The van der Waals surface area contributed by atoms with Crippen LogP contribution in [0.4, 0.5) is 5.69 Å². The summed E-state index contributed by atoms with van der Waals surface area (Å²) in [5, 5.41) is 4.07. The van der Waals surface area contributed by atoms with Gasteiger partial charge in [-0.2, -0.15) is 0 Å². The Morgan fingerprint density at radius 1 is 1.10 bits per heavy atom. The third-order valence-electron chi connectivity index (χ3n) is 3.31. The smallest absolute Gasteiger partial charge is 0.224 e. The largest absolute Gasteiger partial charge is 0.355 e. The predicted molar refractivity (Wildman–Crippen MR) is 82.7 cm³/mol. The minimum atomic E-state index is 0.0267. The number of para-hydroxylation sites is 1. The Bertz CT molecular complexity index is 725. The van der Waals surface area contributed by atoms with Gasteiger partial charge in [-0.25, -0.2) is 0 Å². The van der Waals surface area contributed by atoms with Gasteiger partial charge in [0.25, 0.3) is 0 Å². The summed E-state index contributed by atoms with van der Waals surface area (Å²) in [7, 11) is 0. The summed E-state index contributed by atoms with van der Waals surface area (Å²) in [4.78, 5) is 14.8. The highest BCUT2D eigenvalue weighted by Crippen LogP contribution is 2.26. The molecule has 0 bridgehead atoms. The lowest BCUT2D eigenvalue weighted by Gasteiger charge is -2.05. The van der Waals surface area contributed by atoms with E-state index >= 15 is 0 Å². The molecular weight excluding hydrogens is 248 g/mol. The molecule has 0 aliphatic heterocycles. The zero-order valence-electron chi connectivity index (χ0n) is 11.3. The normalized spacial score (nSPS) is 10.7. The Hall–Kier alpha value is -2.55. The molecule has 20 heavy (non-hydrogen) atoms. The van der Waals surface area contributed by atoms with E-state index in [1.54, 1.807) is 0 Å². The molecule has 0 fully saturated rings. The Kier molecular flexibility index (Phi) is 3.25. The van der Waals surface area contributed by atoms with Gasteiger partial charge in [-0.05, 0) is 24.3 Å².